The molecule has 1 rings (SSSR count). The first-order valence-corrected chi connectivity index (χ1v) is 6.74. The van der Waals surface area contributed by atoms with E-state index in [1.807, 2.05) is 26.8 Å². The van der Waals surface area contributed by atoms with Crippen molar-refractivity contribution in [3.63, 3.8) is 0 Å². The minimum absolute atomic E-state index is 0.0684. The molecule has 20 heavy (non-hydrogen) atoms. The van der Waals surface area contributed by atoms with Gasteiger partial charge in [0.25, 0.3) is 0 Å². The van der Waals surface area contributed by atoms with Gasteiger partial charge in [0.15, 0.2) is 0 Å². The number of rotatable bonds is 6. The summed E-state index contributed by atoms with van der Waals surface area (Å²) >= 11 is 0. The van der Waals surface area contributed by atoms with Gasteiger partial charge in [0, 0.05) is 25.7 Å². The molecule has 5 nitrogen and oxygen atoms in total. The molecule has 1 unspecified atom stereocenters. The lowest BCUT2D eigenvalue weighted by Crippen LogP contribution is -2.42. The molecule has 0 spiro atoms. The minimum Gasteiger partial charge on any atom is -0.366 e. The molecule has 0 saturated carbocycles. The number of carbonyl (C=O) groups excluding carboxylic acids is 2. The zero-order valence-electron chi connectivity index (χ0n) is 12.6. The first kappa shape index (κ1) is 16.2. The molecule has 2 amide bonds. The molecule has 0 radical (unpaired) electrons. The minimum atomic E-state index is -0.430. The summed E-state index contributed by atoms with van der Waals surface area (Å²) in [5.74, 6) is -0.361. The van der Waals surface area contributed by atoms with Gasteiger partial charge in [-0.25, -0.2) is 0 Å². The van der Waals surface area contributed by atoms with Crippen molar-refractivity contribution in [1.29, 1.82) is 0 Å². The fraction of sp³-hybridized carbons (Fsp3) is 0.467. The maximum absolute atomic E-state index is 11.9. The molecular weight excluding hydrogens is 254 g/mol. The predicted octanol–water partition coefficient (Wildman–Crippen LogP) is 1.05. The maximum atomic E-state index is 11.9. The number of aryl methyl sites for hydroxylation is 1. The second-order valence-corrected chi connectivity index (χ2v) is 4.96. The van der Waals surface area contributed by atoms with Crippen molar-refractivity contribution >= 4 is 11.8 Å². The van der Waals surface area contributed by atoms with Crippen LogP contribution in [0.1, 0.15) is 35.3 Å². The Kier molecular flexibility index (Phi) is 5.70. The predicted molar refractivity (Wildman–Crippen MR) is 79.3 cm³/mol. The first-order valence-electron chi connectivity index (χ1n) is 6.74. The Hall–Kier alpha value is -1.88. The Morgan fingerprint density at radius 1 is 1.40 bits per heavy atom. The summed E-state index contributed by atoms with van der Waals surface area (Å²) in [6.07, 6.45) is 0. The first-order chi connectivity index (χ1) is 9.36. The topological polar surface area (TPSA) is 75.4 Å². The highest BCUT2D eigenvalue weighted by molar-refractivity contribution is 5.93. The molecule has 110 valence electrons. The number of carbonyl (C=O) groups is 2. The van der Waals surface area contributed by atoms with Gasteiger partial charge in [0.1, 0.15) is 0 Å². The highest BCUT2D eigenvalue weighted by Gasteiger charge is 2.15. The molecule has 1 aromatic carbocycles. The summed E-state index contributed by atoms with van der Waals surface area (Å²) in [4.78, 5) is 24.7. The summed E-state index contributed by atoms with van der Waals surface area (Å²) in [7, 11) is 1.79. The Morgan fingerprint density at radius 2 is 2.05 bits per heavy atom. The summed E-state index contributed by atoms with van der Waals surface area (Å²) in [6, 6.07) is 5.10. The quantitative estimate of drug-likeness (QED) is 0.816. The number of hydrogen-bond acceptors (Lipinski definition) is 3. The lowest BCUT2D eigenvalue weighted by atomic mass is 10.0. The number of nitrogens with two attached hydrogens (primary N) is 1. The van der Waals surface area contributed by atoms with Crippen LogP contribution in [0, 0.1) is 6.92 Å². The largest absolute Gasteiger partial charge is 0.366 e. The van der Waals surface area contributed by atoms with Crippen LogP contribution in [0.2, 0.25) is 0 Å². The van der Waals surface area contributed by atoms with Crippen LogP contribution in [0.15, 0.2) is 18.2 Å². The molecule has 0 aromatic heterocycles. The molecule has 0 saturated heterocycles. The lowest BCUT2D eigenvalue weighted by Gasteiger charge is -2.21. The smallest absolute Gasteiger partial charge is 0.248 e. The van der Waals surface area contributed by atoms with Crippen molar-refractivity contribution in [2.75, 3.05) is 13.6 Å². The van der Waals surface area contributed by atoms with Crippen LogP contribution in [-0.4, -0.2) is 36.3 Å². The van der Waals surface area contributed by atoms with Crippen molar-refractivity contribution in [2.45, 2.75) is 33.4 Å². The number of benzene rings is 1. The normalized spacial score (nSPS) is 12.0. The van der Waals surface area contributed by atoms with Crippen LogP contribution in [0.5, 0.6) is 0 Å². The van der Waals surface area contributed by atoms with Crippen LogP contribution < -0.4 is 11.1 Å². The summed E-state index contributed by atoms with van der Waals surface area (Å²) in [6.45, 7) is 6.99. The number of nitrogens with one attached hydrogen (secondary N) is 1. The molecule has 3 N–H and O–H groups in total. The molecule has 1 atom stereocenters. The van der Waals surface area contributed by atoms with Crippen molar-refractivity contribution in [2.24, 2.45) is 5.73 Å². The van der Waals surface area contributed by atoms with Gasteiger partial charge in [-0.05, 0) is 44.0 Å². The van der Waals surface area contributed by atoms with Gasteiger partial charge < -0.3 is 16.0 Å². The molecule has 0 bridgehead atoms. The number of nitrogens with zero attached hydrogens (tertiary/aromatic N) is 1. The Morgan fingerprint density at radius 3 is 2.55 bits per heavy atom. The lowest BCUT2D eigenvalue weighted by molar-refractivity contribution is -0.131. The van der Waals surface area contributed by atoms with Crippen LogP contribution >= 0.6 is 0 Å². The van der Waals surface area contributed by atoms with Crippen LogP contribution in [0.3, 0.4) is 0 Å². The second kappa shape index (κ2) is 7.05. The second-order valence-electron chi connectivity index (χ2n) is 4.96. The summed E-state index contributed by atoms with van der Waals surface area (Å²) in [5, 5.41) is 3.20. The molecule has 0 fully saturated rings. The average Bonchev–Trinajstić information content (AvgIpc) is 2.43. The average molecular weight is 277 g/mol. The van der Waals surface area contributed by atoms with E-state index in [-0.39, 0.29) is 11.9 Å². The van der Waals surface area contributed by atoms with E-state index >= 15 is 0 Å². The molecular formula is C15H23N3O2. The third-order valence-electron chi connectivity index (χ3n) is 3.45. The van der Waals surface area contributed by atoms with Gasteiger partial charge in [-0.2, -0.15) is 0 Å². The van der Waals surface area contributed by atoms with Crippen molar-refractivity contribution in [1.82, 2.24) is 10.2 Å². The summed E-state index contributed by atoms with van der Waals surface area (Å²) in [5.41, 5.74) is 7.77. The fourth-order valence-electron chi connectivity index (χ4n) is 1.88. The van der Waals surface area contributed by atoms with Gasteiger partial charge >= 0.3 is 0 Å². The Balaban J connectivity index is 2.66. The highest BCUT2D eigenvalue weighted by Crippen LogP contribution is 2.11. The van der Waals surface area contributed by atoms with Crippen LogP contribution in [0.25, 0.3) is 0 Å². The monoisotopic (exact) mass is 277 g/mol. The van der Waals surface area contributed by atoms with Gasteiger partial charge in [0.05, 0.1) is 6.04 Å². The number of amides is 2. The third kappa shape index (κ3) is 4.06. The third-order valence-corrected chi connectivity index (χ3v) is 3.45. The fourth-order valence-corrected chi connectivity index (χ4v) is 1.88. The van der Waals surface area contributed by atoms with Gasteiger partial charge in [0.2, 0.25) is 11.8 Å². The molecule has 1 aromatic rings. The Bertz CT molecular complexity index is 500. The zero-order chi connectivity index (χ0) is 15.3. The van der Waals surface area contributed by atoms with Crippen molar-refractivity contribution in [3.05, 3.63) is 34.9 Å². The van der Waals surface area contributed by atoms with Gasteiger partial charge in [-0.15, -0.1) is 0 Å². The maximum Gasteiger partial charge on any atom is 0.248 e. The molecule has 5 heteroatoms. The van der Waals surface area contributed by atoms with E-state index < -0.39 is 5.91 Å². The van der Waals surface area contributed by atoms with E-state index in [1.54, 1.807) is 24.1 Å². The van der Waals surface area contributed by atoms with E-state index in [2.05, 4.69) is 5.32 Å². The molecule has 0 heterocycles. The molecule has 0 aliphatic heterocycles. The number of likely N-dealkylation sites (N-methyl/N-ethyl adjacent to an activating group) is 1. The van der Waals surface area contributed by atoms with Crippen molar-refractivity contribution in [3.8, 4) is 0 Å². The highest BCUT2D eigenvalue weighted by atomic mass is 16.2. The Labute approximate surface area is 120 Å². The standard InChI is InChI=1S/C15H23N3O2/c1-5-18(4)15(20)11(3)17-9-13-7-6-12(14(16)19)8-10(13)2/h6-8,11,17H,5,9H2,1-4H3,(H2,16,19). The van der Waals surface area contributed by atoms with Crippen LogP contribution in [0.4, 0.5) is 0 Å². The zero-order valence-corrected chi connectivity index (χ0v) is 12.6. The van der Waals surface area contributed by atoms with E-state index in [0.29, 0.717) is 18.7 Å². The van der Waals surface area contributed by atoms with E-state index in [1.165, 1.54) is 0 Å². The number of primary amides is 1. The molecule has 0 aliphatic rings. The van der Waals surface area contributed by atoms with E-state index in [4.69, 9.17) is 5.73 Å². The van der Waals surface area contributed by atoms with E-state index in [0.717, 1.165) is 11.1 Å². The SMILES string of the molecule is CCN(C)C(=O)C(C)NCc1ccc(C(N)=O)cc1C. The van der Waals surface area contributed by atoms with E-state index in [9.17, 15) is 9.59 Å². The summed E-state index contributed by atoms with van der Waals surface area (Å²) < 4.78 is 0. The van der Waals surface area contributed by atoms with Crippen LogP contribution in [-0.2, 0) is 11.3 Å². The molecule has 0 aliphatic carbocycles. The van der Waals surface area contributed by atoms with Gasteiger partial charge in [-0.3, -0.25) is 9.59 Å². The van der Waals surface area contributed by atoms with Gasteiger partial charge in [-0.1, -0.05) is 6.07 Å². The van der Waals surface area contributed by atoms with Crippen molar-refractivity contribution < 1.29 is 9.59 Å². The number of hydrogen-bond donors (Lipinski definition) is 2.